The molecule has 0 unspecified atom stereocenters. The molecule has 0 aromatic carbocycles. The molecular weight excluding hydrogens is 545 g/mol. The van der Waals surface area contributed by atoms with Crippen LogP contribution >= 0.6 is 0 Å². The SMILES string of the molecule is C=C(C)C(=O)OCCC[Si](O[Si](C)(C)C)(O[Si](C)(C)CCCOC(C)=O)O[Si](C)(C)CCCOC(C)=O. The number of carbonyl (C=O) groups excluding carboxylic acids is 3. The molecule has 0 fully saturated rings. The Morgan fingerprint density at radius 1 is 0.595 bits per heavy atom. The summed E-state index contributed by atoms with van der Waals surface area (Å²) in [6.07, 6.45) is 1.96. The molecule has 37 heavy (non-hydrogen) atoms. The van der Waals surface area contributed by atoms with Crippen LogP contribution in [-0.2, 0) is 40.9 Å². The number of esters is 3. The fourth-order valence-electron chi connectivity index (χ4n) is 3.63. The highest BCUT2D eigenvalue weighted by Crippen LogP contribution is 2.33. The Bertz CT molecular complexity index is 728. The van der Waals surface area contributed by atoms with Crippen molar-refractivity contribution in [3.05, 3.63) is 12.2 Å². The van der Waals surface area contributed by atoms with Crippen molar-refractivity contribution in [2.24, 2.45) is 0 Å². The first-order valence-electron chi connectivity index (χ1n) is 13.0. The van der Waals surface area contributed by atoms with Crippen LogP contribution in [0.15, 0.2) is 12.2 Å². The predicted molar refractivity (Wildman–Crippen MR) is 155 cm³/mol. The average molecular weight is 595 g/mol. The summed E-state index contributed by atoms with van der Waals surface area (Å²) in [6.45, 7) is 23.9. The van der Waals surface area contributed by atoms with Crippen molar-refractivity contribution < 1.29 is 40.9 Å². The smallest absolute Gasteiger partial charge is 0.466 e. The van der Waals surface area contributed by atoms with Crippen LogP contribution in [0.2, 0.25) is 64.0 Å². The molecule has 0 aromatic heterocycles. The number of carbonyl (C=O) groups is 3. The normalized spacial score (nSPS) is 12.7. The van der Waals surface area contributed by atoms with E-state index in [2.05, 4.69) is 52.4 Å². The van der Waals surface area contributed by atoms with E-state index in [-0.39, 0.29) is 18.5 Å². The second kappa shape index (κ2) is 16.1. The van der Waals surface area contributed by atoms with Crippen LogP contribution in [0, 0.1) is 0 Å². The zero-order valence-corrected chi connectivity index (χ0v) is 28.7. The highest BCUT2D eigenvalue weighted by molar-refractivity contribution is 6.90. The lowest BCUT2D eigenvalue weighted by Crippen LogP contribution is -2.61. The van der Waals surface area contributed by atoms with Gasteiger partial charge in [0.25, 0.3) is 0 Å². The molecule has 0 radical (unpaired) electrons. The largest absolute Gasteiger partial charge is 0.469 e. The lowest BCUT2D eigenvalue weighted by Gasteiger charge is -2.44. The van der Waals surface area contributed by atoms with Gasteiger partial charge in [0.1, 0.15) is 0 Å². The molecule has 0 aliphatic heterocycles. The number of hydrogen-bond donors (Lipinski definition) is 0. The predicted octanol–water partition coefficient (Wildman–Crippen LogP) is 5.64. The zero-order chi connectivity index (χ0) is 28.9. The molecule has 0 atom stereocenters. The summed E-state index contributed by atoms with van der Waals surface area (Å²) >= 11 is 0. The Kier molecular flexibility index (Phi) is 15.6. The summed E-state index contributed by atoms with van der Waals surface area (Å²) in [7, 11) is -9.89. The lowest BCUT2D eigenvalue weighted by atomic mass is 10.4. The zero-order valence-electron chi connectivity index (χ0n) is 24.7. The lowest BCUT2D eigenvalue weighted by molar-refractivity contribution is -0.141. The van der Waals surface area contributed by atoms with Crippen LogP contribution in [0.1, 0.15) is 40.0 Å². The molecule has 0 heterocycles. The van der Waals surface area contributed by atoms with Gasteiger partial charge in [0, 0.05) is 25.5 Å². The Balaban J connectivity index is 5.81. The molecular formula is C24H50O9Si4. The first-order valence-corrected chi connectivity index (χ1v) is 24.6. The van der Waals surface area contributed by atoms with Crippen LogP contribution in [0.3, 0.4) is 0 Å². The van der Waals surface area contributed by atoms with Gasteiger partial charge in [0.2, 0.25) is 0 Å². The Labute approximate surface area is 228 Å². The molecule has 9 nitrogen and oxygen atoms in total. The van der Waals surface area contributed by atoms with Gasteiger partial charge in [-0.3, -0.25) is 9.59 Å². The Hall–Kier alpha value is -1.10. The van der Waals surface area contributed by atoms with Gasteiger partial charge in [-0.25, -0.2) is 4.79 Å². The second-order valence-corrected chi connectivity index (χ2v) is 28.1. The van der Waals surface area contributed by atoms with Crippen molar-refractivity contribution in [2.45, 2.75) is 104 Å². The molecule has 0 amide bonds. The first kappa shape index (κ1) is 35.9. The minimum absolute atomic E-state index is 0.227. The number of rotatable bonds is 19. The standard InChI is InChI=1S/C24H50O9Si4/c1-21(2)24(27)30-17-14-20-37(31-34(5,6)7,32-35(8,9)18-12-15-28-22(3)25)33-36(10,11)19-13-16-29-23(4)26/h1,12-20H2,2-11H3. The van der Waals surface area contributed by atoms with Gasteiger partial charge in [-0.05, 0) is 84.1 Å². The highest BCUT2D eigenvalue weighted by Gasteiger charge is 2.51. The summed E-state index contributed by atoms with van der Waals surface area (Å²) in [5.74, 6) is -0.999. The maximum Gasteiger partial charge on any atom is 0.469 e. The highest BCUT2D eigenvalue weighted by atomic mass is 28.5. The summed E-state index contributed by atoms with van der Waals surface area (Å²) in [4.78, 5) is 34.2. The fourth-order valence-corrected chi connectivity index (χ4v) is 20.3. The van der Waals surface area contributed by atoms with E-state index >= 15 is 0 Å². The van der Waals surface area contributed by atoms with Crippen LogP contribution in [-0.4, -0.2) is 71.5 Å². The van der Waals surface area contributed by atoms with Crippen molar-refractivity contribution in [2.75, 3.05) is 19.8 Å². The van der Waals surface area contributed by atoms with E-state index in [1.807, 2.05) is 0 Å². The van der Waals surface area contributed by atoms with Gasteiger partial charge in [-0.1, -0.05) is 6.58 Å². The summed E-state index contributed by atoms with van der Waals surface area (Å²) in [5.41, 5.74) is 0.358. The molecule has 0 bridgehead atoms. The van der Waals surface area contributed by atoms with Crippen LogP contribution in [0.4, 0.5) is 0 Å². The summed E-state index contributed by atoms with van der Waals surface area (Å²) < 4.78 is 36.3. The maximum absolute atomic E-state index is 11.9. The van der Waals surface area contributed by atoms with E-state index in [0.29, 0.717) is 44.1 Å². The van der Waals surface area contributed by atoms with Crippen molar-refractivity contribution in [1.29, 1.82) is 0 Å². The minimum Gasteiger partial charge on any atom is -0.466 e. The van der Waals surface area contributed by atoms with Crippen LogP contribution in [0.25, 0.3) is 0 Å². The van der Waals surface area contributed by atoms with Crippen LogP contribution in [0.5, 0.6) is 0 Å². The minimum atomic E-state index is -3.21. The second-order valence-electron chi connectivity index (χ2n) is 11.5. The molecule has 0 saturated carbocycles. The van der Waals surface area contributed by atoms with E-state index in [1.54, 1.807) is 6.92 Å². The molecule has 0 spiro atoms. The van der Waals surface area contributed by atoms with Gasteiger partial charge >= 0.3 is 26.7 Å². The third-order valence-electron chi connectivity index (χ3n) is 4.99. The van der Waals surface area contributed by atoms with Crippen molar-refractivity contribution in [3.63, 3.8) is 0 Å². The third kappa shape index (κ3) is 18.7. The molecule has 0 aliphatic carbocycles. The third-order valence-corrected chi connectivity index (χ3v) is 19.7. The molecule has 0 N–H and O–H groups in total. The van der Waals surface area contributed by atoms with E-state index in [1.165, 1.54) is 13.8 Å². The van der Waals surface area contributed by atoms with E-state index in [9.17, 15) is 14.4 Å². The first-order chi connectivity index (χ1) is 16.8. The molecule has 0 aromatic rings. The quantitative estimate of drug-likeness (QED) is 0.0618. The van der Waals surface area contributed by atoms with Gasteiger partial charge in [-0.15, -0.1) is 0 Å². The monoisotopic (exact) mass is 594 g/mol. The van der Waals surface area contributed by atoms with Crippen molar-refractivity contribution >= 4 is 51.7 Å². The summed E-state index contributed by atoms with van der Waals surface area (Å²) in [6, 6.07) is 2.10. The van der Waals surface area contributed by atoms with E-state index in [0.717, 1.165) is 12.1 Å². The topological polar surface area (TPSA) is 107 Å². The molecule has 13 heteroatoms. The Morgan fingerprint density at radius 2 is 0.973 bits per heavy atom. The molecule has 0 aliphatic rings. The van der Waals surface area contributed by atoms with Gasteiger partial charge in [0.15, 0.2) is 25.0 Å². The van der Waals surface area contributed by atoms with Gasteiger partial charge in [-0.2, -0.15) is 0 Å². The van der Waals surface area contributed by atoms with Gasteiger partial charge in [0.05, 0.1) is 19.8 Å². The molecule has 216 valence electrons. The van der Waals surface area contributed by atoms with Crippen molar-refractivity contribution in [1.82, 2.24) is 0 Å². The van der Waals surface area contributed by atoms with Crippen LogP contribution < -0.4 is 0 Å². The van der Waals surface area contributed by atoms with E-state index < -0.39 is 39.7 Å². The summed E-state index contributed by atoms with van der Waals surface area (Å²) in [5, 5.41) is 0. The molecule has 0 rings (SSSR count). The average Bonchev–Trinajstić information content (AvgIpc) is 2.69. The number of hydrogen-bond acceptors (Lipinski definition) is 9. The molecule has 0 saturated heterocycles. The van der Waals surface area contributed by atoms with Gasteiger partial charge < -0.3 is 26.6 Å². The fraction of sp³-hybridized carbons (Fsp3) is 0.792. The van der Waals surface area contributed by atoms with E-state index in [4.69, 9.17) is 26.6 Å². The number of ether oxygens (including phenoxy) is 3. The Morgan fingerprint density at radius 3 is 1.32 bits per heavy atom. The van der Waals surface area contributed by atoms with Crippen molar-refractivity contribution in [3.8, 4) is 0 Å². The maximum atomic E-state index is 11.9.